The van der Waals surface area contributed by atoms with Crippen LogP contribution in [-0.4, -0.2) is 8.42 Å². The first-order valence-corrected chi connectivity index (χ1v) is 5.96. The Morgan fingerprint density at radius 1 is 1.36 bits per heavy atom. The minimum Gasteiger partial charge on any atom is -0.194 e. The Morgan fingerprint density at radius 3 is 2.21 bits per heavy atom. The van der Waals surface area contributed by atoms with Crippen molar-refractivity contribution in [3.05, 3.63) is 34.9 Å². The van der Waals surface area contributed by atoms with Crippen LogP contribution in [0.3, 0.4) is 0 Å². The van der Waals surface area contributed by atoms with Crippen LogP contribution in [0.15, 0.2) is 24.3 Å². The van der Waals surface area contributed by atoms with E-state index in [1.54, 1.807) is 19.1 Å². The van der Waals surface area contributed by atoms with Gasteiger partial charge in [-0.05, 0) is 24.1 Å². The first-order chi connectivity index (χ1) is 6.45. The maximum Gasteiger partial charge on any atom is 0.309 e. The average molecular weight is 237 g/mol. The van der Waals surface area contributed by atoms with Crippen molar-refractivity contribution in [2.75, 3.05) is 0 Å². The van der Waals surface area contributed by atoms with Crippen molar-refractivity contribution in [2.45, 2.75) is 18.6 Å². The normalized spacial score (nSPS) is 13.9. The van der Waals surface area contributed by atoms with Crippen LogP contribution in [0.25, 0.3) is 0 Å². The highest BCUT2D eigenvalue weighted by atomic mass is 35.5. The van der Waals surface area contributed by atoms with Crippen LogP contribution in [0.1, 0.15) is 24.2 Å². The fraction of sp³-hybridized carbons (Fsp3) is 0.333. The lowest BCUT2D eigenvalue weighted by molar-refractivity contribution is 0.533. The molecule has 0 bridgehead atoms. The summed E-state index contributed by atoms with van der Waals surface area (Å²) < 4.78 is 34.3. The Morgan fingerprint density at radius 2 is 1.86 bits per heavy atom. The van der Waals surface area contributed by atoms with E-state index in [1.165, 1.54) is 12.1 Å². The summed E-state index contributed by atoms with van der Waals surface area (Å²) in [5.74, 6) is 0. The standard InChI is InChI=1S/C9H10ClFO2S/c1-2-9(14(11,12)13)7-3-5-8(10)6-4-7/h3-6,9H,2H2,1H3. The molecule has 5 heteroatoms. The second kappa shape index (κ2) is 4.28. The Hall–Kier alpha value is -0.610. The molecular formula is C9H10ClFO2S. The molecule has 0 aromatic heterocycles. The molecule has 1 aromatic rings. The molecule has 14 heavy (non-hydrogen) atoms. The van der Waals surface area contributed by atoms with Crippen molar-refractivity contribution in [3.8, 4) is 0 Å². The van der Waals surface area contributed by atoms with Gasteiger partial charge in [0.05, 0.1) is 0 Å². The lowest BCUT2D eigenvalue weighted by Crippen LogP contribution is -2.06. The minimum atomic E-state index is -4.52. The van der Waals surface area contributed by atoms with Gasteiger partial charge in [0, 0.05) is 5.02 Å². The SMILES string of the molecule is CCC(c1ccc(Cl)cc1)S(=O)(=O)F. The lowest BCUT2D eigenvalue weighted by atomic mass is 10.1. The zero-order chi connectivity index (χ0) is 10.8. The van der Waals surface area contributed by atoms with Crippen molar-refractivity contribution in [2.24, 2.45) is 0 Å². The van der Waals surface area contributed by atoms with Crippen LogP contribution in [0, 0.1) is 0 Å². The molecule has 78 valence electrons. The van der Waals surface area contributed by atoms with Gasteiger partial charge in [-0.3, -0.25) is 0 Å². The van der Waals surface area contributed by atoms with E-state index in [4.69, 9.17) is 11.6 Å². The van der Waals surface area contributed by atoms with Gasteiger partial charge < -0.3 is 0 Å². The molecule has 0 amide bonds. The summed E-state index contributed by atoms with van der Waals surface area (Å²) in [5, 5.41) is -0.584. The van der Waals surface area contributed by atoms with E-state index >= 15 is 0 Å². The van der Waals surface area contributed by atoms with Gasteiger partial charge in [0.1, 0.15) is 5.25 Å². The fourth-order valence-electron chi connectivity index (χ4n) is 1.27. The first-order valence-electron chi connectivity index (χ1n) is 4.14. The van der Waals surface area contributed by atoms with Crippen molar-refractivity contribution in [3.63, 3.8) is 0 Å². The molecule has 0 aliphatic heterocycles. The Balaban J connectivity index is 3.08. The molecule has 0 aliphatic carbocycles. The van der Waals surface area contributed by atoms with Crippen molar-refractivity contribution >= 4 is 21.8 Å². The van der Waals surface area contributed by atoms with E-state index < -0.39 is 15.5 Å². The van der Waals surface area contributed by atoms with Crippen molar-refractivity contribution < 1.29 is 12.3 Å². The Kier molecular flexibility index (Phi) is 3.50. The smallest absolute Gasteiger partial charge is 0.194 e. The molecule has 0 fully saturated rings. The summed E-state index contributed by atoms with van der Waals surface area (Å²) in [7, 11) is -4.52. The predicted molar refractivity (Wildman–Crippen MR) is 54.5 cm³/mol. The van der Waals surface area contributed by atoms with Crippen molar-refractivity contribution in [1.82, 2.24) is 0 Å². The molecule has 1 atom stereocenters. The maximum atomic E-state index is 12.8. The summed E-state index contributed by atoms with van der Waals surface area (Å²) >= 11 is 5.63. The van der Waals surface area contributed by atoms with E-state index in [9.17, 15) is 12.3 Å². The molecule has 0 aliphatic rings. The summed E-state index contributed by atoms with van der Waals surface area (Å²) in [6.45, 7) is 1.62. The van der Waals surface area contributed by atoms with Gasteiger partial charge in [-0.1, -0.05) is 30.7 Å². The number of halogens is 2. The van der Waals surface area contributed by atoms with Crippen molar-refractivity contribution in [1.29, 1.82) is 0 Å². The quantitative estimate of drug-likeness (QED) is 0.756. The molecule has 0 N–H and O–H groups in total. The molecule has 1 unspecified atom stereocenters. The molecule has 0 radical (unpaired) electrons. The van der Waals surface area contributed by atoms with Crippen LogP contribution in [-0.2, 0) is 10.2 Å². The molecule has 0 heterocycles. The summed E-state index contributed by atoms with van der Waals surface area (Å²) in [6.07, 6.45) is 0.209. The Labute approximate surface area is 87.9 Å². The molecule has 1 rings (SSSR count). The highest BCUT2D eigenvalue weighted by Gasteiger charge is 2.24. The molecular weight excluding hydrogens is 227 g/mol. The predicted octanol–water partition coefficient (Wildman–Crippen LogP) is 3.09. The minimum absolute atomic E-state index is 0.209. The topological polar surface area (TPSA) is 34.1 Å². The largest absolute Gasteiger partial charge is 0.309 e. The van der Waals surface area contributed by atoms with E-state index in [-0.39, 0.29) is 6.42 Å². The van der Waals surface area contributed by atoms with Gasteiger partial charge >= 0.3 is 10.2 Å². The molecule has 0 saturated carbocycles. The van der Waals surface area contributed by atoms with Gasteiger partial charge in [-0.2, -0.15) is 8.42 Å². The van der Waals surface area contributed by atoms with Crippen LogP contribution < -0.4 is 0 Å². The fourth-order valence-corrected chi connectivity index (χ4v) is 2.28. The van der Waals surface area contributed by atoms with E-state index in [0.717, 1.165) is 0 Å². The van der Waals surface area contributed by atoms with Crippen LogP contribution >= 0.6 is 11.6 Å². The average Bonchev–Trinajstić information content (AvgIpc) is 2.07. The second-order valence-electron chi connectivity index (χ2n) is 2.92. The van der Waals surface area contributed by atoms with Gasteiger partial charge in [0.25, 0.3) is 0 Å². The van der Waals surface area contributed by atoms with Crippen LogP contribution in [0.2, 0.25) is 5.02 Å². The zero-order valence-corrected chi connectivity index (χ0v) is 9.15. The highest BCUT2D eigenvalue weighted by Crippen LogP contribution is 2.27. The van der Waals surface area contributed by atoms with Crippen LogP contribution in [0.4, 0.5) is 3.89 Å². The van der Waals surface area contributed by atoms with E-state index in [0.29, 0.717) is 10.6 Å². The Bertz CT molecular complexity index is 399. The summed E-state index contributed by atoms with van der Waals surface area (Å²) in [5.41, 5.74) is 0.430. The molecule has 0 spiro atoms. The first kappa shape index (κ1) is 11.5. The van der Waals surface area contributed by atoms with Gasteiger partial charge in [-0.15, -0.1) is 3.89 Å². The van der Waals surface area contributed by atoms with Gasteiger partial charge in [0.2, 0.25) is 0 Å². The second-order valence-corrected chi connectivity index (χ2v) is 4.88. The third kappa shape index (κ3) is 2.69. The van der Waals surface area contributed by atoms with E-state index in [2.05, 4.69) is 0 Å². The van der Waals surface area contributed by atoms with Crippen LogP contribution in [0.5, 0.6) is 0 Å². The maximum absolute atomic E-state index is 12.8. The summed E-state index contributed by atoms with van der Waals surface area (Å²) in [6, 6.07) is 6.14. The zero-order valence-electron chi connectivity index (χ0n) is 7.57. The molecule has 0 saturated heterocycles. The third-order valence-corrected chi connectivity index (χ3v) is 3.49. The van der Waals surface area contributed by atoms with Gasteiger partial charge in [-0.25, -0.2) is 0 Å². The molecule has 1 aromatic carbocycles. The number of benzene rings is 1. The van der Waals surface area contributed by atoms with E-state index in [1.807, 2.05) is 0 Å². The number of rotatable bonds is 3. The van der Waals surface area contributed by atoms with Gasteiger partial charge in [0.15, 0.2) is 0 Å². The highest BCUT2D eigenvalue weighted by molar-refractivity contribution is 7.86. The third-order valence-electron chi connectivity index (χ3n) is 1.95. The number of hydrogen-bond acceptors (Lipinski definition) is 2. The summed E-state index contributed by atoms with van der Waals surface area (Å²) in [4.78, 5) is 0. The monoisotopic (exact) mass is 236 g/mol. The molecule has 2 nitrogen and oxygen atoms in total. The number of hydrogen-bond donors (Lipinski definition) is 0. The lowest BCUT2D eigenvalue weighted by Gasteiger charge is -2.09.